The summed E-state index contributed by atoms with van der Waals surface area (Å²) >= 11 is 2.21. The van der Waals surface area contributed by atoms with E-state index >= 15 is 0 Å². The molecule has 0 saturated carbocycles. The van der Waals surface area contributed by atoms with Crippen molar-refractivity contribution in [2.45, 2.75) is 0 Å². The molecule has 3 aromatic carbocycles. The molecule has 4 rings (SSSR count). The predicted molar refractivity (Wildman–Crippen MR) is 114 cm³/mol. The Bertz CT molecular complexity index is 1140. The van der Waals surface area contributed by atoms with E-state index in [4.69, 9.17) is 4.84 Å². The third-order valence-electron chi connectivity index (χ3n) is 4.41. The first-order valence-corrected chi connectivity index (χ1v) is 9.33. The van der Waals surface area contributed by atoms with Gasteiger partial charge in [0.05, 0.1) is 11.1 Å². The monoisotopic (exact) mass is 453 g/mol. The van der Waals surface area contributed by atoms with Gasteiger partial charge in [0, 0.05) is 14.7 Å². The van der Waals surface area contributed by atoms with Gasteiger partial charge in [-0.15, -0.1) is 4.73 Å². The van der Waals surface area contributed by atoms with E-state index in [2.05, 4.69) is 34.7 Å². The lowest BCUT2D eigenvalue weighted by Crippen LogP contribution is -2.28. The van der Waals surface area contributed by atoms with Crippen LogP contribution in [0.15, 0.2) is 83.7 Å². The van der Waals surface area contributed by atoms with E-state index < -0.39 is 0 Å². The molecule has 128 valence electrons. The van der Waals surface area contributed by atoms with Crippen LogP contribution < -0.4 is 10.4 Å². The number of fused-ring (bicyclic) bond motifs is 1. The van der Waals surface area contributed by atoms with E-state index in [1.165, 1.54) is 11.8 Å². The van der Waals surface area contributed by atoms with Crippen molar-refractivity contribution in [2.75, 3.05) is 7.11 Å². The molecule has 1 aromatic heterocycles. The Labute approximate surface area is 165 Å². The first kappa shape index (κ1) is 16.8. The first-order valence-electron chi connectivity index (χ1n) is 8.25. The number of aromatic nitrogens is 1. The maximum absolute atomic E-state index is 13.2. The lowest BCUT2D eigenvalue weighted by atomic mass is 9.94. The Morgan fingerprint density at radius 1 is 0.808 bits per heavy atom. The summed E-state index contributed by atoms with van der Waals surface area (Å²) in [5.74, 6) is 0. The molecule has 0 bridgehead atoms. The number of nitrogens with zero attached hydrogens (tertiary/aromatic N) is 1. The van der Waals surface area contributed by atoms with Crippen LogP contribution in [0.4, 0.5) is 0 Å². The Hall–Kier alpha value is -2.60. The summed E-state index contributed by atoms with van der Waals surface area (Å²) in [7, 11) is 1.53. The summed E-state index contributed by atoms with van der Waals surface area (Å²) < 4.78 is 2.31. The van der Waals surface area contributed by atoms with Crippen LogP contribution in [0, 0.1) is 3.57 Å². The van der Waals surface area contributed by atoms with Gasteiger partial charge in [0.1, 0.15) is 7.11 Å². The zero-order valence-electron chi connectivity index (χ0n) is 14.1. The molecular weight excluding hydrogens is 437 g/mol. The van der Waals surface area contributed by atoms with Gasteiger partial charge in [0.25, 0.3) is 5.56 Å². The van der Waals surface area contributed by atoms with Gasteiger partial charge in [-0.1, -0.05) is 72.8 Å². The average molecular weight is 453 g/mol. The lowest BCUT2D eigenvalue weighted by Gasteiger charge is -2.19. The van der Waals surface area contributed by atoms with Crippen molar-refractivity contribution in [2.24, 2.45) is 0 Å². The summed E-state index contributed by atoms with van der Waals surface area (Å²) in [5, 5.41) is 1.61. The zero-order chi connectivity index (χ0) is 18.1. The third kappa shape index (κ3) is 2.70. The molecule has 0 aliphatic carbocycles. The minimum absolute atomic E-state index is 0.147. The standard InChI is InChI=1S/C22H16INO2/c1-26-24-21(16-11-6-3-7-12-16)19(15-9-4-2-5-10-15)17-13-8-14-18(23)20(17)22(24)25/h2-14H,1H3. The zero-order valence-corrected chi connectivity index (χ0v) is 16.3. The third-order valence-corrected chi connectivity index (χ3v) is 5.31. The van der Waals surface area contributed by atoms with Crippen molar-refractivity contribution < 1.29 is 4.84 Å². The second kappa shape index (κ2) is 6.96. The first-order chi connectivity index (χ1) is 12.7. The van der Waals surface area contributed by atoms with E-state index in [0.717, 1.165) is 31.3 Å². The second-order valence-electron chi connectivity index (χ2n) is 5.90. The van der Waals surface area contributed by atoms with Gasteiger partial charge in [-0.25, -0.2) is 0 Å². The molecule has 0 atom stereocenters. The SMILES string of the molecule is COn1c(-c2ccccc2)c(-c2ccccc2)c2cccc(I)c2c1=O. The highest BCUT2D eigenvalue weighted by Gasteiger charge is 2.21. The number of halogens is 1. The van der Waals surface area contributed by atoms with Crippen LogP contribution in [-0.4, -0.2) is 11.8 Å². The van der Waals surface area contributed by atoms with Crippen LogP contribution in [0.1, 0.15) is 0 Å². The number of pyridine rings is 1. The van der Waals surface area contributed by atoms with Crippen LogP contribution in [-0.2, 0) is 0 Å². The number of rotatable bonds is 3. The number of hydrogen-bond donors (Lipinski definition) is 0. The molecule has 0 aliphatic rings. The molecule has 1 heterocycles. The fraction of sp³-hybridized carbons (Fsp3) is 0.0455. The molecule has 0 fully saturated rings. The quantitative estimate of drug-likeness (QED) is 0.409. The summed E-state index contributed by atoms with van der Waals surface area (Å²) in [6, 6.07) is 26.0. The molecule has 0 aliphatic heterocycles. The number of benzene rings is 3. The Balaban J connectivity index is 2.27. The Kier molecular flexibility index (Phi) is 4.51. The summed E-state index contributed by atoms with van der Waals surface area (Å²) in [6.07, 6.45) is 0. The molecule has 0 amide bonds. The van der Waals surface area contributed by atoms with Crippen LogP contribution in [0.3, 0.4) is 0 Å². The molecule has 0 spiro atoms. The van der Waals surface area contributed by atoms with Gasteiger partial charge in [-0.3, -0.25) is 4.79 Å². The maximum atomic E-state index is 13.2. The van der Waals surface area contributed by atoms with Crippen molar-refractivity contribution in [1.82, 2.24) is 4.73 Å². The summed E-state index contributed by atoms with van der Waals surface area (Å²) in [5.41, 5.74) is 3.59. The van der Waals surface area contributed by atoms with Gasteiger partial charge < -0.3 is 4.84 Å². The topological polar surface area (TPSA) is 31.2 Å². The van der Waals surface area contributed by atoms with E-state index in [1.807, 2.05) is 66.7 Å². The molecule has 3 nitrogen and oxygen atoms in total. The van der Waals surface area contributed by atoms with E-state index in [0.29, 0.717) is 5.39 Å². The molecule has 4 heteroatoms. The fourth-order valence-corrected chi connectivity index (χ4v) is 4.04. The minimum Gasteiger partial charge on any atom is -0.413 e. The lowest BCUT2D eigenvalue weighted by molar-refractivity contribution is 0.163. The Morgan fingerprint density at radius 2 is 1.42 bits per heavy atom. The van der Waals surface area contributed by atoms with Gasteiger partial charge >= 0.3 is 0 Å². The van der Waals surface area contributed by atoms with Crippen LogP contribution in [0.5, 0.6) is 0 Å². The average Bonchev–Trinajstić information content (AvgIpc) is 2.69. The Morgan fingerprint density at radius 3 is 2.04 bits per heavy atom. The smallest absolute Gasteiger partial charge is 0.292 e. The largest absolute Gasteiger partial charge is 0.413 e. The van der Waals surface area contributed by atoms with Crippen LogP contribution in [0.2, 0.25) is 0 Å². The van der Waals surface area contributed by atoms with Gasteiger partial charge in [-0.2, -0.15) is 0 Å². The predicted octanol–water partition coefficient (Wildman–Crippen LogP) is 5.00. The molecule has 26 heavy (non-hydrogen) atoms. The highest BCUT2D eigenvalue weighted by Crippen LogP contribution is 2.37. The van der Waals surface area contributed by atoms with Gasteiger partial charge in [-0.05, 0) is 39.6 Å². The summed E-state index contributed by atoms with van der Waals surface area (Å²) in [6.45, 7) is 0. The highest BCUT2D eigenvalue weighted by atomic mass is 127. The van der Waals surface area contributed by atoms with Gasteiger partial charge in [0.15, 0.2) is 0 Å². The van der Waals surface area contributed by atoms with Gasteiger partial charge in [0.2, 0.25) is 0 Å². The second-order valence-corrected chi connectivity index (χ2v) is 7.06. The van der Waals surface area contributed by atoms with Crippen molar-refractivity contribution in [3.05, 3.63) is 92.8 Å². The van der Waals surface area contributed by atoms with Crippen molar-refractivity contribution in [3.63, 3.8) is 0 Å². The molecular formula is C22H16INO2. The van der Waals surface area contributed by atoms with E-state index in [-0.39, 0.29) is 5.56 Å². The molecule has 0 radical (unpaired) electrons. The van der Waals surface area contributed by atoms with Crippen molar-refractivity contribution in [1.29, 1.82) is 0 Å². The van der Waals surface area contributed by atoms with E-state index in [9.17, 15) is 4.79 Å². The van der Waals surface area contributed by atoms with Crippen molar-refractivity contribution >= 4 is 33.4 Å². The summed E-state index contributed by atoms with van der Waals surface area (Å²) in [4.78, 5) is 18.7. The molecule has 4 aromatic rings. The van der Waals surface area contributed by atoms with Crippen LogP contribution >= 0.6 is 22.6 Å². The minimum atomic E-state index is -0.147. The number of hydrogen-bond acceptors (Lipinski definition) is 2. The highest BCUT2D eigenvalue weighted by molar-refractivity contribution is 14.1. The fourth-order valence-electron chi connectivity index (χ4n) is 3.31. The van der Waals surface area contributed by atoms with Crippen LogP contribution in [0.25, 0.3) is 33.2 Å². The van der Waals surface area contributed by atoms with Crippen molar-refractivity contribution in [3.8, 4) is 22.4 Å². The maximum Gasteiger partial charge on any atom is 0.292 e. The molecule has 0 unspecified atom stereocenters. The van der Waals surface area contributed by atoms with E-state index in [1.54, 1.807) is 0 Å². The molecule has 0 N–H and O–H groups in total. The molecule has 0 saturated heterocycles. The normalized spacial score (nSPS) is 10.8.